The van der Waals surface area contributed by atoms with Gasteiger partial charge >= 0.3 is 12.0 Å². The van der Waals surface area contributed by atoms with Crippen LogP contribution in [0.3, 0.4) is 0 Å². The highest BCUT2D eigenvalue weighted by Crippen LogP contribution is 2.22. The molecule has 0 bridgehead atoms. The van der Waals surface area contributed by atoms with Crippen LogP contribution < -0.4 is 16.0 Å². The summed E-state index contributed by atoms with van der Waals surface area (Å²) < 4.78 is 5.11. The standard InChI is InChI=1S/C16H20ClN3O4/c1-9(2)24-15(22)11-8-10(5-6-12(11)17)19-16(23)20-13-4-3-7-18-14(13)21/h5-6,8-9,13H,3-4,7H2,1-2H3,(H,18,21)(H2,19,20,23)/t13-/m0/s1. The zero-order valence-electron chi connectivity index (χ0n) is 13.5. The Morgan fingerprint density at radius 2 is 2.12 bits per heavy atom. The summed E-state index contributed by atoms with van der Waals surface area (Å²) in [6.45, 7) is 4.09. The number of nitrogens with one attached hydrogen (secondary N) is 3. The molecule has 1 atom stereocenters. The minimum absolute atomic E-state index is 0.165. The van der Waals surface area contributed by atoms with Gasteiger partial charge in [0.15, 0.2) is 0 Å². The van der Waals surface area contributed by atoms with E-state index in [2.05, 4.69) is 16.0 Å². The van der Waals surface area contributed by atoms with Crippen LogP contribution in [0.15, 0.2) is 18.2 Å². The molecule has 0 spiro atoms. The molecule has 24 heavy (non-hydrogen) atoms. The van der Waals surface area contributed by atoms with Crippen LogP contribution in [0.4, 0.5) is 10.5 Å². The summed E-state index contributed by atoms with van der Waals surface area (Å²) in [7, 11) is 0. The molecule has 130 valence electrons. The molecule has 3 amide bonds. The summed E-state index contributed by atoms with van der Waals surface area (Å²) in [6.07, 6.45) is 1.12. The maximum Gasteiger partial charge on any atom is 0.339 e. The zero-order valence-corrected chi connectivity index (χ0v) is 14.3. The van der Waals surface area contributed by atoms with E-state index in [9.17, 15) is 14.4 Å². The Labute approximate surface area is 145 Å². The lowest BCUT2D eigenvalue weighted by atomic mass is 10.1. The maximum absolute atomic E-state index is 12.0. The number of anilines is 1. The summed E-state index contributed by atoms with van der Waals surface area (Å²) in [5.74, 6) is -0.764. The number of halogens is 1. The van der Waals surface area contributed by atoms with Crippen molar-refractivity contribution in [2.75, 3.05) is 11.9 Å². The second-order valence-corrected chi connectivity index (χ2v) is 6.14. The van der Waals surface area contributed by atoms with E-state index in [4.69, 9.17) is 16.3 Å². The topological polar surface area (TPSA) is 96.5 Å². The van der Waals surface area contributed by atoms with E-state index in [1.807, 2.05) is 0 Å². The van der Waals surface area contributed by atoms with Crippen LogP contribution in [0.5, 0.6) is 0 Å². The van der Waals surface area contributed by atoms with Gasteiger partial charge in [0.1, 0.15) is 6.04 Å². The number of benzene rings is 1. The van der Waals surface area contributed by atoms with Gasteiger partial charge in [-0.15, -0.1) is 0 Å². The van der Waals surface area contributed by atoms with Crippen molar-refractivity contribution in [3.63, 3.8) is 0 Å². The molecule has 0 unspecified atom stereocenters. The molecule has 0 saturated carbocycles. The molecule has 1 heterocycles. The zero-order chi connectivity index (χ0) is 17.7. The Balaban J connectivity index is 2.02. The van der Waals surface area contributed by atoms with E-state index < -0.39 is 18.0 Å². The van der Waals surface area contributed by atoms with Crippen molar-refractivity contribution in [3.05, 3.63) is 28.8 Å². The first-order chi connectivity index (χ1) is 11.4. The average Bonchev–Trinajstić information content (AvgIpc) is 2.50. The van der Waals surface area contributed by atoms with Crippen molar-refractivity contribution in [1.29, 1.82) is 0 Å². The fourth-order valence-electron chi connectivity index (χ4n) is 2.27. The molecular formula is C16H20ClN3O4. The second-order valence-electron chi connectivity index (χ2n) is 5.73. The number of piperidine rings is 1. The van der Waals surface area contributed by atoms with Gasteiger partial charge in [-0.3, -0.25) is 4.79 Å². The van der Waals surface area contributed by atoms with E-state index in [-0.39, 0.29) is 22.6 Å². The fraction of sp³-hybridized carbons (Fsp3) is 0.438. The van der Waals surface area contributed by atoms with Crippen molar-refractivity contribution < 1.29 is 19.1 Å². The largest absolute Gasteiger partial charge is 0.459 e. The lowest BCUT2D eigenvalue weighted by molar-refractivity contribution is -0.124. The summed E-state index contributed by atoms with van der Waals surface area (Å²) >= 11 is 6.00. The van der Waals surface area contributed by atoms with Gasteiger partial charge in [-0.05, 0) is 44.9 Å². The summed E-state index contributed by atoms with van der Waals surface area (Å²) in [5.41, 5.74) is 0.544. The third-order valence-electron chi connectivity index (χ3n) is 3.38. The van der Waals surface area contributed by atoms with E-state index in [0.29, 0.717) is 18.7 Å². The normalized spacial score (nSPS) is 17.2. The van der Waals surface area contributed by atoms with Gasteiger partial charge in [-0.1, -0.05) is 11.6 Å². The van der Waals surface area contributed by atoms with Crippen molar-refractivity contribution in [2.24, 2.45) is 0 Å². The van der Waals surface area contributed by atoms with Crippen LogP contribution in [0, 0.1) is 0 Å². The highest BCUT2D eigenvalue weighted by molar-refractivity contribution is 6.33. The molecule has 8 heteroatoms. The number of ether oxygens (including phenoxy) is 1. The van der Waals surface area contributed by atoms with E-state index in [1.165, 1.54) is 12.1 Å². The van der Waals surface area contributed by atoms with Gasteiger partial charge in [0.2, 0.25) is 5.91 Å². The number of carbonyl (C=O) groups is 3. The van der Waals surface area contributed by atoms with Gasteiger partial charge in [-0.2, -0.15) is 0 Å². The summed E-state index contributed by atoms with van der Waals surface area (Å²) in [5, 5.41) is 8.12. The van der Waals surface area contributed by atoms with Gasteiger partial charge in [0, 0.05) is 12.2 Å². The SMILES string of the molecule is CC(C)OC(=O)c1cc(NC(=O)N[C@H]2CCCNC2=O)ccc1Cl. The number of hydrogen-bond donors (Lipinski definition) is 3. The highest BCUT2D eigenvalue weighted by atomic mass is 35.5. The minimum Gasteiger partial charge on any atom is -0.459 e. The lowest BCUT2D eigenvalue weighted by Gasteiger charge is -2.22. The third kappa shape index (κ3) is 4.86. The Kier molecular flexibility index (Phi) is 6.03. The number of rotatable bonds is 4. The molecule has 1 aromatic rings. The summed E-state index contributed by atoms with van der Waals surface area (Å²) in [4.78, 5) is 35.6. The Bertz CT molecular complexity index is 648. The molecule has 3 N–H and O–H groups in total. The van der Waals surface area contributed by atoms with Crippen molar-refractivity contribution in [3.8, 4) is 0 Å². The number of urea groups is 1. The van der Waals surface area contributed by atoms with Crippen LogP contribution in [-0.4, -0.2) is 36.6 Å². The van der Waals surface area contributed by atoms with E-state index in [1.54, 1.807) is 19.9 Å². The minimum atomic E-state index is -0.564. The van der Waals surface area contributed by atoms with Gasteiger partial charge in [0.05, 0.1) is 16.7 Å². The Morgan fingerprint density at radius 1 is 1.38 bits per heavy atom. The Hall–Kier alpha value is -2.28. The van der Waals surface area contributed by atoms with Crippen LogP contribution in [0.1, 0.15) is 37.0 Å². The molecule has 1 saturated heterocycles. The molecule has 0 aliphatic carbocycles. The number of amides is 3. The number of carbonyl (C=O) groups excluding carboxylic acids is 3. The second kappa shape index (κ2) is 8.01. The van der Waals surface area contributed by atoms with Crippen LogP contribution in [0.2, 0.25) is 5.02 Å². The van der Waals surface area contributed by atoms with E-state index in [0.717, 1.165) is 6.42 Å². The number of hydrogen-bond acceptors (Lipinski definition) is 4. The van der Waals surface area contributed by atoms with Crippen molar-refractivity contribution in [1.82, 2.24) is 10.6 Å². The molecule has 0 radical (unpaired) electrons. The predicted octanol–water partition coefficient (Wildman–Crippen LogP) is 2.31. The van der Waals surface area contributed by atoms with Gasteiger partial charge in [0.25, 0.3) is 0 Å². The molecule has 1 aliphatic heterocycles. The molecule has 7 nitrogen and oxygen atoms in total. The van der Waals surface area contributed by atoms with Gasteiger partial charge in [-0.25, -0.2) is 9.59 Å². The smallest absolute Gasteiger partial charge is 0.339 e. The van der Waals surface area contributed by atoms with Gasteiger partial charge < -0.3 is 20.7 Å². The van der Waals surface area contributed by atoms with Crippen molar-refractivity contribution >= 4 is 35.2 Å². The molecule has 2 rings (SSSR count). The lowest BCUT2D eigenvalue weighted by Crippen LogP contribution is -2.51. The van der Waals surface area contributed by atoms with Crippen molar-refractivity contribution in [2.45, 2.75) is 38.8 Å². The fourth-order valence-corrected chi connectivity index (χ4v) is 2.47. The molecule has 0 aromatic heterocycles. The molecular weight excluding hydrogens is 334 g/mol. The first kappa shape index (κ1) is 18.1. The molecule has 1 aromatic carbocycles. The Morgan fingerprint density at radius 3 is 2.79 bits per heavy atom. The molecule has 1 aliphatic rings. The maximum atomic E-state index is 12.0. The van der Waals surface area contributed by atoms with Crippen LogP contribution in [0.25, 0.3) is 0 Å². The average molecular weight is 354 g/mol. The highest BCUT2D eigenvalue weighted by Gasteiger charge is 2.23. The molecule has 1 fully saturated rings. The third-order valence-corrected chi connectivity index (χ3v) is 3.71. The van der Waals surface area contributed by atoms with Crippen LogP contribution in [-0.2, 0) is 9.53 Å². The predicted molar refractivity (Wildman–Crippen MR) is 90.2 cm³/mol. The first-order valence-corrected chi connectivity index (χ1v) is 8.10. The van der Waals surface area contributed by atoms with Crippen LogP contribution >= 0.6 is 11.6 Å². The summed E-state index contributed by atoms with van der Waals surface area (Å²) in [6, 6.07) is 3.42. The number of esters is 1. The monoisotopic (exact) mass is 353 g/mol. The first-order valence-electron chi connectivity index (χ1n) is 7.72. The quantitative estimate of drug-likeness (QED) is 0.723. The van der Waals surface area contributed by atoms with E-state index >= 15 is 0 Å².